The van der Waals surface area contributed by atoms with Crippen LogP contribution in [0, 0.1) is 17.8 Å². The first kappa shape index (κ1) is 22.5. The van der Waals surface area contributed by atoms with Crippen LogP contribution < -0.4 is 4.74 Å². The number of pyridine rings is 1. The molecule has 1 aromatic rings. The topological polar surface area (TPSA) is 86.1 Å². The third-order valence-electron chi connectivity index (χ3n) is 5.94. The van der Waals surface area contributed by atoms with Gasteiger partial charge in [0, 0.05) is 30.8 Å². The van der Waals surface area contributed by atoms with Gasteiger partial charge in [-0.3, -0.25) is 4.79 Å². The normalized spacial score (nSPS) is 24.4. The summed E-state index contributed by atoms with van der Waals surface area (Å²) in [6, 6.07) is 1.37. The predicted octanol–water partition coefficient (Wildman–Crippen LogP) is 1.52. The number of hydrogen-bond acceptors (Lipinski definition) is 6. The van der Waals surface area contributed by atoms with Crippen LogP contribution in [0.2, 0.25) is 0 Å². The fourth-order valence-corrected chi connectivity index (χ4v) is 4.02. The second kappa shape index (κ2) is 9.34. The molecule has 2 aliphatic rings. The third-order valence-corrected chi connectivity index (χ3v) is 5.94. The van der Waals surface area contributed by atoms with Crippen LogP contribution >= 0.6 is 0 Å². The van der Waals surface area contributed by atoms with E-state index in [9.17, 15) is 15.0 Å². The molecule has 0 unspecified atom stereocenters. The number of aliphatic hydroxyl groups excluding tert-OH is 1. The fourth-order valence-electron chi connectivity index (χ4n) is 4.02. The maximum absolute atomic E-state index is 13.3. The van der Waals surface area contributed by atoms with Crippen LogP contribution in [0.3, 0.4) is 0 Å². The Morgan fingerprint density at radius 3 is 2.73 bits per heavy atom. The van der Waals surface area contributed by atoms with Gasteiger partial charge in [0.05, 0.1) is 12.6 Å². The Morgan fingerprint density at radius 1 is 1.40 bits per heavy atom. The predicted molar refractivity (Wildman–Crippen MR) is 114 cm³/mol. The number of rotatable bonds is 4. The number of carbonyl (C=O) groups excluding carboxylic acids is 1. The number of aliphatic hydroxyl groups is 2. The highest BCUT2D eigenvalue weighted by atomic mass is 16.5. The van der Waals surface area contributed by atoms with E-state index < -0.39 is 5.60 Å². The van der Waals surface area contributed by atoms with Crippen LogP contribution in [0.25, 0.3) is 0 Å². The van der Waals surface area contributed by atoms with Crippen molar-refractivity contribution in [1.82, 2.24) is 14.8 Å². The zero-order valence-corrected chi connectivity index (χ0v) is 18.4. The van der Waals surface area contributed by atoms with Crippen molar-refractivity contribution in [3.05, 3.63) is 23.4 Å². The molecule has 164 valence electrons. The zero-order chi connectivity index (χ0) is 21.9. The highest BCUT2D eigenvalue weighted by Gasteiger charge is 2.34. The minimum atomic E-state index is -0.950. The zero-order valence-electron chi connectivity index (χ0n) is 18.4. The van der Waals surface area contributed by atoms with Crippen molar-refractivity contribution < 1.29 is 19.7 Å². The van der Waals surface area contributed by atoms with E-state index >= 15 is 0 Å². The van der Waals surface area contributed by atoms with Gasteiger partial charge in [0.1, 0.15) is 17.3 Å². The van der Waals surface area contributed by atoms with Crippen molar-refractivity contribution in [2.24, 2.45) is 5.92 Å². The summed E-state index contributed by atoms with van der Waals surface area (Å²) < 4.78 is 6.18. The molecule has 1 aliphatic heterocycles. The Bertz CT molecular complexity index is 823. The maximum atomic E-state index is 13.3. The van der Waals surface area contributed by atoms with Gasteiger partial charge in [0.15, 0.2) is 0 Å². The molecule has 1 amide bonds. The summed E-state index contributed by atoms with van der Waals surface area (Å²) in [4.78, 5) is 21.5. The van der Waals surface area contributed by atoms with Crippen LogP contribution in [-0.4, -0.2) is 82.4 Å². The molecular formula is C23H33N3O4. The standard InChI is InChI=1S/C23H33N3O4/c1-16-13-26(17(2)15-27)22(28)19-11-18(7-10-23(29)8-5-6-9-23)12-24-21(19)30-20(16)14-25(3)4/h11-12,16-17,20,27,29H,5-6,8-9,13-15H2,1-4H3/t16-,17+,20-/m1/s1. The molecule has 0 bridgehead atoms. The minimum absolute atomic E-state index is 0.0661. The molecule has 3 rings (SSSR count). The molecule has 0 aromatic carbocycles. The molecule has 1 aliphatic carbocycles. The number of fused-ring (bicyclic) bond motifs is 1. The highest BCUT2D eigenvalue weighted by molar-refractivity contribution is 5.97. The number of ether oxygens (including phenoxy) is 1. The highest BCUT2D eigenvalue weighted by Crippen LogP contribution is 2.29. The van der Waals surface area contributed by atoms with Gasteiger partial charge >= 0.3 is 0 Å². The number of hydrogen-bond donors (Lipinski definition) is 2. The molecule has 1 saturated carbocycles. The van der Waals surface area contributed by atoms with E-state index in [0.29, 0.717) is 42.9 Å². The van der Waals surface area contributed by atoms with Gasteiger partial charge in [0.25, 0.3) is 5.91 Å². The van der Waals surface area contributed by atoms with Crippen molar-refractivity contribution in [2.45, 2.75) is 57.3 Å². The number of likely N-dealkylation sites (N-methyl/N-ethyl adjacent to an activating group) is 1. The van der Waals surface area contributed by atoms with E-state index in [2.05, 4.69) is 16.8 Å². The number of nitrogens with zero attached hydrogens (tertiary/aromatic N) is 3. The molecule has 1 fully saturated rings. The van der Waals surface area contributed by atoms with E-state index in [1.807, 2.05) is 32.8 Å². The Labute approximate surface area is 179 Å². The van der Waals surface area contributed by atoms with Crippen molar-refractivity contribution in [1.29, 1.82) is 0 Å². The van der Waals surface area contributed by atoms with E-state index in [0.717, 1.165) is 12.8 Å². The second-order valence-electron chi connectivity index (χ2n) is 8.95. The van der Waals surface area contributed by atoms with Crippen molar-refractivity contribution in [2.75, 3.05) is 33.8 Å². The number of carbonyl (C=O) groups is 1. The summed E-state index contributed by atoms with van der Waals surface area (Å²) in [7, 11) is 3.96. The molecule has 3 atom stereocenters. The number of amides is 1. The van der Waals surface area contributed by atoms with Crippen molar-refractivity contribution >= 4 is 5.91 Å². The first-order chi connectivity index (χ1) is 14.2. The van der Waals surface area contributed by atoms with Crippen LogP contribution in [0.15, 0.2) is 12.3 Å². The Balaban J connectivity index is 1.98. The quantitative estimate of drug-likeness (QED) is 0.726. The Kier molecular flexibility index (Phi) is 7.02. The van der Waals surface area contributed by atoms with Gasteiger partial charge in [-0.2, -0.15) is 0 Å². The first-order valence-electron chi connectivity index (χ1n) is 10.7. The Hall–Kier alpha value is -2.14. The van der Waals surface area contributed by atoms with Crippen LogP contribution in [-0.2, 0) is 0 Å². The first-order valence-corrected chi connectivity index (χ1v) is 10.7. The van der Waals surface area contributed by atoms with Gasteiger partial charge in [0.2, 0.25) is 5.88 Å². The van der Waals surface area contributed by atoms with Crippen molar-refractivity contribution in [3.63, 3.8) is 0 Å². The van der Waals surface area contributed by atoms with Crippen molar-refractivity contribution in [3.8, 4) is 17.7 Å². The van der Waals surface area contributed by atoms with E-state index in [4.69, 9.17) is 4.74 Å². The van der Waals surface area contributed by atoms with E-state index in [1.54, 1.807) is 17.2 Å². The summed E-state index contributed by atoms with van der Waals surface area (Å²) in [5.41, 5.74) is -0.0364. The lowest BCUT2D eigenvalue weighted by Crippen LogP contribution is -2.49. The molecule has 0 spiro atoms. The third kappa shape index (κ3) is 5.12. The largest absolute Gasteiger partial charge is 0.472 e. The summed E-state index contributed by atoms with van der Waals surface area (Å²) in [6.45, 7) is 4.93. The molecule has 0 saturated heterocycles. The summed E-state index contributed by atoms with van der Waals surface area (Å²) >= 11 is 0. The number of aromatic nitrogens is 1. The minimum Gasteiger partial charge on any atom is -0.472 e. The molecular weight excluding hydrogens is 382 g/mol. The van der Waals surface area contributed by atoms with Crippen LogP contribution in [0.4, 0.5) is 0 Å². The van der Waals surface area contributed by atoms with E-state index in [1.165, 1.54) is 0 Å². The maximum Gasteiger partial charge on any atom is 0.259 e. The lowest BCUT2D eigenvalue weighted by atomic mass is 9.99. The lowest BCUT2D eigenvalue weighted by molar-refractivity contribution is 0.0348. The molecule has 2 N–H and O–H groups in total. The van der Waals surface area contributed by atoms with Gasteiger partial charge in [-0.05, 0) is 52.8 Å². The van der Waals surface area contributed by atoms with Gasteiger partial charge in [-0.25, -0.2) is 4.98 Å². The molecule has 7 heteroatoms. The lowest BCUT2D eigenvalue weighted by Gasteiger charge is -2.37. The van der Waals surface area contributed by atoms with Gasteiger partial charge < -0.3 is 24.7 Å². The molecule has 2 heterocycles. The monoisotopic (exact) mass is 415 g/mol. The molecule has 1 aromatic heterocycles. The Morgan fingerprint density at radius 2 is 2.10 bits per heavy atom. The van der Waals surface area contributed by atoms with Crippen LogP contribution in [0.5, 0.6) is 5.88 Å². The molecule has 0 radical (unpaired) electrons. The fraction of sp³-hybridized carbons (Fsp3) is 0.652. The molecule has 30 heavy (non-hydrogen) atoms. The summed E-state index contributed by atoms with van der Waals surface area (Å²) in [5.74, 6) is 6.09. The van der Waals surface area contributed by atoms with Gasteiger partial charge in [-0.15, -0.1) is 0 Å². The summed E-state index contributed by atoms with van der Waals surface area (Å²) in [5, 5.41) is 20.2. The molecule has 7 nitrogen and oxygen atoms in total. The SMILES string of the molecule is C[C@@H]1CN([C@@H](C)CO)C(=O)c2cc(C#CC3(O)CCCC3)cnc2O[C@@H]1CN(C)C. The average molecular weight is 416 g/mol. The van der Waals surface area contributed by atoms with Crippen LogP contribution in [0.1, 0.15) is 55.5 Å². The smallest absolute Gasteiger partial charge is 0.259 e. The summed E-state index contributed by atoms with van der Waals surface area (Å²) in [6.07, 6.45) is 4.73. The second-order valence-corrected chi connectivity index (χ2v) is 8.95. The average Bonchev–Trinajstić information content (AvgIpc) is 3.15. The van der Waals surface area contributed by atoms with E-state index in [-0.39, 0.29) is 30.6 Å². The van der Waals surface area contributed by atoms with Gasteiger partial charge in [-0.1, -0.05) is 18.8 Å².